The van der Waals surface area contributed by atoms with Gasteiger partial charge in [-0.3, -0.25) is 14.7 Å². The molecule has 2 saturated heterocycles. The minimum absolute atomic E-state index is 0.146. The van der Waals surface area contributed by atoms with Gasteiger partial charge in [-0.15, -0.1) is 0 Å². The van der Waals surface area contributed by atoms with E-state index in [1.165, 1.54) is 0 Å². The standard InChI is InChI=1S/C20H31N3O/c1-16-7-5-8-17(21-16)13-22-12-10-20(15-22)9-6-11-23(18(20)24)14-19(2,3)4/h5,7-8H,6,9-15H2,1-4H3. The van der Waals surface area contributed by atoms with Crippen molar-refractivity contribution in [1.29, 1.82) is 0 Å². The number of aryl methyl sites for hydroxylation is 1. The Labute approximate surface area is 146 Å². The second kappa shape index (κ2) is 6.47. The molecule has 0 aliphatic carbocycles. The second-order valence-electron chi connectivity index (χ2n) is 8.90. The van der Waals surface area contributed by atoms with Crippen LogP contribution in [0.5, 0.6) is 0 Å². The topological polar surface area (TPSA) is 36.4 Å². The lowest BCUT2D eigenvalue weighted by atomic mass is 9.77. The summed E-state index contributed by atoms with van der Waals surface area (Å²) in [6.45, 7) is 13.2. The molecule has 1 amide bonds. The van der Waals surface area contributed by atoms with E-state index >= 15 is 0 Å². The van der Waals surface area contributed by atoms with Crippen LogP contribution in [0.1, 0.15) is 51.4 Å². The van der Waals surface area contributed by atoms with E-state index in [1.807, 2.05) is 13.0 Å². The first kappa shape index (κ1) is 17.4. The van der Waals surface area contributed by atoms with Crippen LogP contribution < -0.4 is 0 Å². The number of aromatic nitrogens is 1. The lowest BCUT2D eigenvalue weighted by molar-refractivity contribution is -0.147. The Kier molecular flexibility index (Phi) is 4.69. The zero-order valence-corrected chi connectivity index (χ0v) is 15.6. The largest absolute Gasteiger partial charge is 0.342 e. The van der Waals surface area contributed by atoms with E-state index < -0.39 is 0 Å². The molecule has 3 rings (SSSR count). The van der Waals surface area contributed by atoms with E-state index in [0.29, 0.717) is 5.91 Å². The molecule has 0 bridgehead atoms. The summed E-state index contributed by atoms with van der Waals surface area (Å²) in [6, 6.07) is 6.19. The van der Waals surface area contributed by atoms with Crippen molar-refractivity contribution in [2.75, 3.05) is 26.2 Å². The first-order chi connectivity index (χ1) is 11.3. The van der Waals surface area contributed by atoms with Crippen LogP contribution in [-0.4, -0.2) is 46.9 Å². The van der Waals surface area contributed by atoms with Gasteiger partial charge in [0.1, 0.15) is 0 Å². The van der Waals surface area contributed by atoms with Crippen LogP contribution in [0.2, 0.25) is 0 Å². The van der Waals surface area contributed by atoms with Crippen LogP contribution in [0.25, 0.3) is 0 Å². The maximum Gasteiger partial charge on any atom is 0.230 e. The third-order valence-electron chi connectivity index (χ3n) is 5.25. The predicted octanol–water partition coefficient (Wildman–Crippen LogP) is 3.25. The van der Waals surface area contributed by atoms with E-state index in [2.05, 4.69) is 47.7 Å². The van der Waals surface area contributed by atoms with Crippen molar-refractivity contribution < 1.29 is 4.79 Å². The predicted molar refractivity (Wildman–Crippen MR) is 96.6 cm³/mol. The highest BCUT2D eigenvalue weighted by atomic mass is 16.2. The van der Waals surface area contributed by atoms with E-state index in [4.69, 9.17) is 0 Å². The number of likely N-dealkylation sites (tertiary alicyclic amines) is 2. The lowest BCUT2D eigenvalue weighted by Gasteiger charge is -2.42. The SMILES string of the molecule is Cc1cccc(CN2CCC3(CCCN(CC(C)(C)C)C3=O)C2)n1. The van der Waals surface area contributed by atoms with Gasteiger partial charge in [0.25, 0.3) is 0 Å². The van der Waals surface area contributed by atoms with Crippen molar-refractivity contribution in [2.45, 2.75) is 53.5 Å². The number of rotatable bonds is 3. The highest BCUT2D eigenvalue weighted by Crippen LogP contribution is 2.41. The first-order valence-electron chi connectivity index (χ1n) is 9.22. The van der Waals surface area contributed by atoms with E-state index in [9.17, 15) is 4.79 Å². The summed E-state index contributed by atoms with van der Waals surface area (Å²) in [5, 5.41) is 0. The number of hydrogen-bond acceptors (Lipinski definition) is 3. The van der Waals surface area contributed by atoms with Gasteiger partial charge in [-0.2, -0.15) is 0 Å². The van der Waals surface area contributed by atoms with Crippen LogP contribution in [0.3, 0.4) is 0 Å². The fraction of sp³-hybridized carbons (Fsp3) is 0.700. The molecule has 0 N–H and O–H groups in total. The van der Waals surface area contributed by atoms with Crippen molar-refractivity contribution in [2.24, 2.45) is 10.8 Å². The lowest BCUT2D eigenvalue weighted by Crippen LogP contribution is -2.52. The van der Waals surface area contributed by atoms with Crippen molar-refractivity contribution >= 4 is 5.91 Å². The van der Waals surface area contributed by atoms with Crippen LogP contribution in [0.4, 0.5) is 0 Å². The average Bonchev–Trinajstić information content (AvgIpc) is 2.87. The summed E-state index contributed by atoms with van der Waals surface area (Å²) >= 11 is 0. The molecule has 2 fully saturated rings. The third kappa shape index (κ3) is 3.80. The molecule has 1 spiro atoms. The van der Waals surface area contributed by atoms with Gasteiger partial charge in [0.15, 0.2) is 0 Å². The Bertz CT molecular complexity index is 607. The maximum atomic E-state index is 13.2. The van der Waals surface area contributed by atoms with Crippen LogP contribution >= 0.6 is 0 Å². The molecule has 24 heavy (non-hydrogen) atoms. The van der Waals surface area contributed by atoms with E-state index in [0.717, 1.165) is 63.4 Å². The monoisotopic (exact) mass is 329 g/mol. The molecule has 0 saturated carbocycles. The molecule has 1 unspecified atom stereocenters. The number of carbonyl (C=O) groups excluding carboxylic acids is 1. The highest BCUT2D eigenvalue weighted by Gasteiger charge is 2.48. The van der Waals surface area contributed by atoms with Gasteiger partial charge < -0.3 is 4.90 Å². The number of pyridine rings is 1. The molecule has 2 aliphatic rings. The molecule has 132 valence electrons. The first-order valence-corrected chi connectivity index (χ1v) is 9.22. The normalized spacial score (nSPS) is 25.7. The smallest absolute Gasteiger partial charge is 0.230 e. The van der Waals surface area contributed by atoms with Gasteiger partial charge in [-0.25, -0.2) is 0 Å². The summed E-state index contributed by atoms with van der Waals surface area (Å²) < 4.78 is 0. The molecule has 2 aliphatic heterocycles. The quantitative estimate of drug-likeness (QED) is 0.854. The molecule has 0 radical (unpaired) electrons. The number of nitrogens with zero attached hydrogens (tertiary/aromatic N) is 3. The summed E-state index contributed by atoms with van der Waals surface area (Å²) in [7, 11) is 0. The third-order valence-corrected chi connectivity index (χ3v) is 5.25. The van der Waals surface area contributed by atoms with Crippen LogP contribution in [0, 0.1) is 17.8 Å². The van der Waals surface area contributed by atoms with Crippen molar-refractivity contribution in [1.82, 2.24) is 14.8 Å². The van der Waals surface area contributed by atoms with Crippen LogP contribution in [-0.2, 0) is 11.3 Å². The molecular formula is C20H31N3O. The molecule has 4 heteroatoms. The fourth-order valence-electron chi connectivity index (χ4n) is 4.26. The second-order valence-corrected chi connectivity index (χ2v) is 8.90. The maximum absolute atomic E-state index is 13.2. The Morgan fingerprint density at radius 1 is 1.21 bits per heavy atom. The van der Waals surface area contributed by atoms with Gasteiger partial charge in [0.05, 0.1) is 11.1 Å². The van der Waals surface area contributed by atoms with Gasteiger partial charge >= 0.3 is 0 Å². The Morgan fingerprint density at radius 2 is 2.00 bits per heavy atom. The summed E-state index contributed by atoms with van der Waals surface area (Å²) in [5.41, 5.74) is 2.19. The molecule has 1 aromatic rings. The highest BCUT2D eigenvalue weighted by molar-refractivity contribution is 5.84. The van der Waals surface area contributed by atoms with Gasteiger partial charge in [-0.1, -0.05) is 26.8 Å². The number of amides is 1. The molecule has 3 heterocycles. The van der Waals surface area contributed by atoms with Gasteiger partial charge in [0.2, 0.25) is 5.91 Å². The molecule has 1 aromatic heterocycles. The molecule has 1 atom stereocenters. The molecule has 4 nitrogen and oxygen atoms in total. The van der Waals surface area contributed by atoms with E-state index in [1.54, 1.807) is 0 Å². The zero-order valence-electron chi connectivity index (χ0n) is 15.6. The van der Waals surface area contributed by atoms with Crippen molar-refractivity contribution in [3.05, 3.63) is 29.6 Å². The van der Waals surface area contributed by atoms with Crippen molar-refractivity contribution in [3.8, 4) is 0 Å². The minimum atomic E-state index is -0.146. The Balaban J connectivity index is 1.67. The average molecular weight is 329 g/mol. The van der Waals surface area contributed by atoms with Gasteiger partial charge in [0, 0.05) is 31.9 Å². The van der Waals surface area contributed by atoms with Crippen LogP contribution in [0.15, 0.2) is 18.2 Å². The summed E-state index contributed by atoms with van der Waals surface area (Å²) in [5.74, 6) is 0.392. The minimum Gasteiger partial charge on any atom is -0.342 e. The number of piperidine rings is 1. The fourth-order valence-corrected chi connectivity index (χ4v) is 4.26. The summed E-state index contributed by atoms with van der Waals surface area (Å²) in [4.78, 5) is 22.3. The number of carbonyl (C=O) groups is 1. The van der Waals surface area contributed by atoms with Gasteiger partial charge in [-0.05, 0) is 50.3 Å². The summed E-state index contributed by atoms with van der Waals surface area (Å²) in [6.07, 6.45) is 3.18. The van der Waals surface area contributed by atoms with Crippen molar-refractivity contribution in [3.63, 3.8) is 0 Å². The molecular weight excluding hydrogens is 298 g/mol. The Hall–Kier alpha value is -1.42. The van der Waals surface area contributed by atoms with E-state index in [-0.39, 0.29) is 10.8 Å². The molecule has 0 aromatic carbocycles. The Morgan fingerprint density at radius 3 is 2.71 bits per heavy atom. The number of hydrogen-bond donors (Lipinski definition) is 0. The zero-order chi connectivity index (χ0) is 17.4.